The molecular formula is C9H11F2N3O3. The molecule has 2 rings (SSSR count). The fraction of sp³-hybridized carbons (Fsp3) is 0.667. The third kappa shape index (κ3) is 2.69. The van der Waals surface area contributed by atoms with E-state index in [2.05, 4.69) is 15.4 Å². The van der Waals surface area contributed by atoms with E-state index in [4.69, 9.17) is 9.84 Å². The second kappa shape index (κ2) is 4.27. The second-order valence-corrected chi connectivity index (χ2v) is 3.97. The molecule has 0 radical (unpaired) electrons. The summed E-state index contributed by atoms with van der Waals surface area (Å²) >= 11 is 0. The van der Waals surface area contributed by atoms with Gasteiger partial charge >= 0.3 is 5.97 Å². The van der Waals surface area contributed by atoms with Crippen molar-refractivity contribution < 1.29 is 23.4 Å². The molecule has 1 heterocycles. The van der Waals surface area contributed by atoms with E-state index in [0.717, 1.165) is 0 Å². The molecule has 0 bridgehead atoms. The van der Waals surface area contributed by atoms with Crippen molar-refractivity contribution in [1.82, 2.24) is 15.4 Å². The topological polar surface area (TPSA) is 88.1 Å². The minimum atomic E-state index is -2.64. The molecule has 0 spiro atoms. The molecule has 1 fully saturated rings. The lowest BCUT2D eigenvalue weighted by Crippen LogP contribution is -2.31. The number of carboxylic acids is 1. The van der Waals surface area contributed by atoms with E-state index < -0.39 is 18.0 Å². The van der Waals surface area contributed by atoms with Gasteiger partial charge in [0.05, 0.1) is 0 Å². The van der Waals surface area contributed by atoms with Crippen LogP contribution in [0.4, 0.5) is 8.78 Å². The van der Waals surface area contributed by atoms with Crippen molar-refractivity contribution in [3.05, 3.63) is 5.69 Å². The lowest BCUT2D eigenvalue weighted by Gasteiger charge is -2.27. The number of aromatic carboxylic acids is 1. The highest BCUT2D eigenvalue weighted by atomic mass is 19.3. The summed E-state index contributed by atoms with van der Waals surface area (Å²) in [4.78, 5) is 10.7. The van der Waals surface area contributed by atoms with Gasteiger partial charge < -0.3 is 9.84 Å². The lowest BCUT2D eigenvalue weighted by atomic mass is 9.94. The number of nitrogens with one attached hydrogen (secondary N) is 1. The quantitative estimate of drug-likeness (QED) is 0.844. The summed E-state index contributed by atoms with van der Waals surface area (Å²) in [6.45, 7) is 0. The molecule has 0 aromatic carbocycles. The SMILES string of the molecule is O=C(O)c1[nH]nnc1OC1CCC(F)(F)CC1. The average molecular weight is 247 g/mol. The van der Waals surface area contributed by atoms with Crippen molar-refractivity contribution in [2.45, 2.75) is 37.7 Å². The highest BCUT2D eigenvalue weighted by Crippen LogP contribution is 2.34. The summed E-state index contributed by atoms with van der Waals surface area (Å²) in [5, 5.41) is 17.7. The van der Waals surface area contributed by atoms with Crippen LogP contribution >= 0.6 is 0 Å². The Morgan fingerprint density at radius 1 is 1.47 bits per heavy atom. The molecule has 0 atom stereocenters. The fourth-order valence-electron chi connectivity index (χ4n) is 1.73. The van der Waals surface area contributed by atoms with Crippen LogP contribution in [0.15, 0.2) is 0 Å². The van der Waals surface area contributed by atoms with Gasteiger partial charge in [-0.05, 0) is 12.8 Å². The third-order valence-electron chi connectivity index (χ3n) is 2.67. The van der Waals surface area contributed by atoms with Crippen molar-refractivity contribution in [1.29, 1.82) is 0 Å². The number of hydrogen-bond donors (Lipinski definition) is 2. The van der Waals surface area contributed by atoms with Gasteiger partial charge in [0, 0.05) is 12.8 Å². The molecule has 1 aromatic rings. The molecule has 0 amide bonds. The van der Waals surface area contributed by atoms with Gasteiger partial charge in [0.15, 0.2) is 0 Å². The van der Waals surface area contributed by atoms with E-state index in [1.165, 1.54) is 0 Å². The molecule has 1 aliphatic carbocycles. The van der Waals surface area contributed by atoms with E-state index in [0.29, 0.717) is 0 Å². The summed E-state index contributed by atoms with van der Waals surface area (Å²) in [7, 11) is 0. The van der Waals surface area contributed by atoms with Gasteiger partial charge in [-0.1, -0.05) is 10.3 Å². The smallest absolute Gasteiger partial charge is 0.359 e. The molecule has 94 valence electrons. The van der Waals surface area contributed by atoms with Crippen molar-refractivity contribution in [2.75, 3.05) is 0 Å². The van der Waals surface area contributed by atoms with Crippen LogP contribution in [-0.4, -0.2) is 38.5 Å². The fourth-order valence-corrected chi connectivity index (χ4v) is 1.73. The van der Waals surface area contributed by atoms with E-state index in [-0.39, 0.29) is 37.3 Å². The zero-order chi connectivity index (χ0) is 12.5. The van der Waals surface area contributed by atoms with Crippen LogP contribution in [0.3, 0.4) is 0 Å². The Hall–Kier alpha value is -1.73. The molecule has 1 aromatic heterocycles. The number of halogens is 2. The molecular weight excluding hydrogens is 236 g/mol. The highest BCUT2D eigenvalue weighted by molar-refractivity contribution is 5.87. The maximum Gasteiger partial charge on any atom is 0.359 e. The van der Waals surface area contributed by atoms with Crippen molar-refractivity contribution in [2.24, 2.45) is 0 Å². The second-order valence-electron chi connectivity index (χ2n) is 3.97. The van der Waals surface area contributed by atoms with Gasteiger partial charge in [0.1, 0.15) is 6.10 Å². The zero-order valence-electron chi connectivity index (χ0n) is 8.82. The first kappa shape index (κ1) is 11.7. The van der Waals surface area contributed by atoms with E-state index in [9.17, 15) is 13.6 Å². The number of hydrogen-bond acceptors (Lipinski definition) is 4. The molecule has 1 aliphatic rings. The Kier molecular flexibility index (Phi) is 2.95. The first-order valence-corrected chi connectivity index (χ1v) is 5.17. The number of alkyl halides is 2. The van der Waals surface area contributed by atoms with Crippen LogP contribution in [0.25, 0.3) is 0 Å². The first-order chi connectivity index (χ1) is 7.98. The van der Waals surface area contributed by atoms with E-state index in [1.54, 1.807) is 0 Å². The molecule has 0 unspecified atom stereocenters. The Bertz CT molecular complexity index is 411. The molecule has 0 aliphatic heterocycles. The summed E-state index contributed by atoms with van der Waals surface area (Å²) in [5.41, 5.74) is -0.262. The highest BCUT2D eigenvalue weighted by Gasteiger charge is 2.36. The number of carbonyl (C=O) groups is 1. The van der Waals surface area contributed by atoms with Crippen LogP contribution in [-0.2, 0) is 0 Å². The number of H-pyrrole nitrogens is 1. The van der Waals surface area contributed by atoms with Crippen LogP contribution < -0.4 is 4.74 Å². The van der Waals surface area contributed by atoms with Crippen LogP contribution in [0.2, 0.25) is 0 Å². The Labute approximate surface area is 95.0 Å². The minimum Gasteiger partial charge on any atom is -0.476 e. The normalized spacial score (nSPS) is 20.1. The van der Waals surface area contributed by atoms with Gasteiger partial charge in [-0.3, -0.25) is 0 Å². The number of ether oxygens (including phenoxy) is 1. The molecule has 8 heteroatoms. The van der Waals surface area contributed by atoms with Crippen LogP contribution in [0.5, 0.6) is 5.88 Å². The van der Waals surface area contributed by atoms with Crippen LogP contribution in [0, 0.1) is 0 Å². The third-order valence-corrected chi connectivity index (χ3v) is 2.67. The van der Waals surface area contributed by atoms with Gasteiger partial charge in [0.2, 0.25) is 11.6 Å². The minimum absolute atomic E-state index is 0.146. The van der Waals surface area contributed by atoms with Gasteiger partial charge in [0.25, 0.3) is 5.88 Å². The number of aromatic nitrogens is 3. The number of nitrogens with zero attached hydrogens (tertiary/aromatic N) is 2. The monoisotopic (exact) mass is 247 g/mol. The predicted molar refractivity (Wildman–Crippen MR) is 51.2 cm³/mol. The number of aromatic amines is 1. The number of rotatable bonds is 3. The largest absolute Gasteiger partial charge is 0.476 e. The van der Waals surface area contributed by atoms with Crippen molar-refractivity contribution in [3.63, 3.8) is 0 Å². The summed E-state index contributed by atoms with van der Waals surface area (Å²) in [5.74, 6) is -4.03. The molecule has 6 nitrogen and oxygen atoms in total. The van der Waals surface area contributed by atoms with Crippen molar-refractivity contribution >= 4 is 5.97 Å². The Morgan fingerprint density at radius 2 is 2.12 bits per heavy atom. The van der Waals surface area contributed by atoms with Gasteiger partial charge in [-0.25, -0.2) is 18.7 Å². The van der Waals surface area contributed by atoms with Gasteiger partial charge in [-0.2, -0.15) is 0 Å². The zero-order valence-corrected chi connectivity index (χ0v) is 8.82. The summed E-state index contributed by atoms with van der Waals surface area (Å²) in [6.07, 6.45) is -0.578. The maximum atomic E-state index is 12.9. The molecule has 0 saturated heterocycles. The van der Waals surface area contributed by atoms with Crippen LogP contribution in [0.1, 0.15) is 36.2 Å². The Morgan fingerprint density at radius 3 is 2.71 bits per heavy atom. The first-order valence-electron chi connectivity index (χ1n) is 5.17. The average Bonchev–Trinajstić information content (AvgIpc) is 2.69. The predicted octanol–water partition coefficient (Wildman–Crippen LogP) is 1.46. The molecule has 2 N–H and O–H groups in total. The van der Waals surface area contributed by atoms with Gasteiger partial charge in [-0.15, -0.1) is 0 Å². The molecule has 1 saturated carbocycles. The Balaban J connectivity index is 1.98. The number of carboxylic acid groups (broad SMARTS) is 1. The maximum absolute atomic E-state index is 12.9. The van der Waals surface area contributed by atoms with E-state index in [1.807, 2.05) is 0 Å². The van der Waals surface area contributed by atoms with E-state index >= 15 is 0 Å². The standard InChI is InChI=1S/C9H11F2N3O3/c10-9(11)3-1-5(2-4-9)17-7-6(8(15)16)12-14-13-7/h5H,1-4H2,(H,15,16)(H,12,13,14). The summed E-state index contributed by atoms with van der Waals surface area (Å²) < 4.78 is 31.0. The lowest BCUT2D eigenvalue weighted by molar-refractivity contribution is -0.0589. The molecule has 17 heavy (non-hydrogen) atoms. The summed E-state index contributed by atoms with van der Waals surface area (Å²) in [6, 6.07) is 0. The van der Waals surface area contributed by atoms with Crippen molar-refractivity contribution in [3.8, 4) is 5.88 Å².